The molecule has 0 fully saturated rings. The summed E-state index contributed by atoms with van der Waals surface area (Å²) in [5.41, 5.74) is 2.91. The van der Waals surface area contributed by atoms with Crippen LogP contribution < -0.4 is 53.6 Å². The number of fused-ring (bicyclic) bond motifs is 1. The topological polar surface area (TPSA) is 142 Å². The van der Waals surface area contributed by atoms with Crippen molar-refractivity contribution in [3.05, 3.63) is 58.9 Å². The normalized spacial score (nSPS) is 11.2. The van der Waals surface area contributed by atoms with Crippen LogP contribution in [0.2, 0.25) is 0 Å². The first-order valence-corrected chi connectivity index (χ1v) is 14.4. The van der Waals surface area contributed by atoms with Crippen LogP contribution in [0.5, 0.6) is 23.0 Å². The Morgan fingerprint density at radius 1 is 0.951 bits per heavy atom. The van der Waals surface area contributed by atoms with Gasteiger partial charge in [-0.3, -0.25) is 4.98 Å². The Hall–Kier alpha value is -2.97. The van der Waals surface area contributed by atoms with Crippen LogP contribution in [0.4, 0.5) is 0 Å². The summed E-state index contributed by atoms with van der Waals surface area (Å²) in [6.07, 6.45) is 1.67. The average Bonchev–Trinajstić information content (AvgIpc) is 3.28. The minimum Gasteiger partial charge on any atom is -0.546 e. The molecule has 2 aromatic carbocycles. The van der Waals surface area contributed by atoms with Crippen LogP contribution in [-0.4, -0.2) is 56.3 Å². The van der Waals surface area contributed by atoms with Gasteiger partial charge in [0.25, 0.3) is 10.0 Å². The zero-order valence-electron chi connectivity index (χ0n) is 23.8. The molecule has 0 aliphatic heterocycles. The van der Waals surface area contributed by atoms with Crippen LogP contribution in [0.3, 0.4) is 0 Å². The van der Waals surface area contributed by atoms with E-state index >= 15 is 0 Å². The van der Waals surface area contributed by atoms with E-state index in [-0.39, 0.29) is 51.1 Å². The second-order valence-corrected chi connectivity index (χ2v) is 11.5. The van der Waals surface area contributed by atoms with Gasteiger partial charge in [-0.1, -0.05) is 11.8 Å². The first-order chi connectivity index (χ1) is 19.0. The second-order valence-electron chi connectivity index (χ2n) is 8.81. The summed E-state index contributed by atoms with van der Waals surface area (Å²) in [7, 11) is 0.390. The molecule has 14 heteroatoms. The van der Waals surface area contributed by atoms with Crippen LogP contribution in [0.1, 0.15) is 22.4 Å². The molecular formula is C27H28N3NaO8S2. The third kappa shape index (κ3) is 6.59. The van der Waals surface area contributed by atoms with Crippen molar-refractivity contribution in [1.82, 2.24) is 13.9 Å². The Labute approximate surface area is 264 Å². The van der Waals surface area contributed by atoms with Crippen LogP contribution in [0.15, 0.2) is 46.6 Å². The molecular weight excluding hydrogens is 581 g/mol. The molecule has 2 heterocycles. The number of methoxy groups -OCH3 is 3. The quantitative estimate of drug-likeness (QED) is 0.168. The molecule has 0 bridgehead atoms. The molecule has 0 unspecified atom stereocenters. The van der Waals surface area contributed by atoms with E-state index in [0.29, 0.717) is 45.1 Å². The minimum atomic E-state index is -4.19. The molecule has 11 nitrogen and oxygen atoms in total. The maximum Gasteiger partial charge on any atom is 1.00 e. The van der Waals surface area contributed by atoms with Gasteiger partial charge in [-0.2, -0.15) is 0 Å². The molecule has 0 atom stereocenters. The van der Waals surface area contributed by atoms with Gasteiger partial charge in [0.05, 0.1) is 48.9 Å². The number of imidazole rings is 1. The number of aliphatic carboxylic acids is 1. The Morgan fingerprint density at radius 3 is 2.20 bits per heavy atom. The maximum absolute atomic E-state index is 14.3. The molecule has 0 saturated carbocycles. The largest absolute Gasteiger partial charge is 1.00 e. The number of carbonyl (C=O) groups excluding carboxylic acids is 1. The Bertz CT molecular complexity index is 1680. The molecule has 4 aromatic rings. The zero-order valence-corrected chi connectivity index (χ0v) is 27.4. The summed E-state index contributed by atoms with van der Waals surface area (Å²) >= 11 is 1.18. The number of carboxylic acid groups (broad SMARTS) is 1. The third-order valence-electron chi connectivity index (χ3n) is 6.07. The van der Waals surface area contributed by atoms with Crippen molar-refractivity contribution in [2.75, 3.05) is 27.9 Å². The van der Waals surface area contributed by atoms with Gasteiger partial charge in [0, 0.05) is 23.6 Å². The van der Waals surface area contributed by atoms with E-state index in [4.69, 9.17) is 18.9 Å². The smallest absolute Gasteiger partial charge is 0.546 e. The third-order valence-corrected chi connectivity index (χ3v) is 9.14. The van der Waals surface area contributed by atoms with Gasteiger partial charge in [-0.15, -0.1) is 0 Å². The molecule has 4 rings (SSSR count). The molecule has 0 radical (unpaired) electrons. The Balaban J connectivity index is 0.00000462. The molecule has 0 aliphatic carbocycles. The average molecular weight is 610 g/mol. The molecule has 0 aliphatic rings. The van der Waals surface area contributed by atoms with Crippen molar-refractivity contribution in [1.29, 1.82) is 0 Å². The summed E-state index contributed by atoms with van der Waals surface area (Å²) < 4.78 is 51.3. The van der Waals surface area contributed by atoms with E-state index in [0.717, 1.165) is 5.56 Å². The predicted octanol–water partition coefficient (Wildman–Crippen LogP) is 0.0444. The number of aromatic nitrogens is 3. The Morgan fingerprint density at radius 2 is 1.61 bits per heavy atom. The first-order valence-electron chi connectivity index (χ1n) is 12.0. The van der Waals surface area contributed by atoms with E-state index in [9.17, 15) is 18.3 Å². The summed E-state index contributed by atoms with van der Waals surface area (Å²) in [6, 6.07) is 7.92. The molecule has 41 heavy (non-hydrogen) atoms. The molecule has 0 saturated heterocycles. The van der Waals surface area contributed by atoms with Crippen molar-refractivity contribution >= 4 is 38.8 Å². The zero-order chi connectivity index (χ0) is 29.2. The number of carbonyl (C=O) groups is 1. The van der Waals surface area contributed by atoms with Gasteiger partial charge < -0.3 is 28.8 Å². The van der Waals surface area contributed by atoms with Crippen LogP contribution >= 0.6 is 11.8 Å². The number of pyridine rings is 1. The number of carboxylic acids is 1. The standard InChI is InChI=1S/C27H29N3O8S2.Na/c1-15-9-19(38-13-23(31)32)10-16(2)26(15)40(33,34)30-22-8-7-18(35-4)11-20(22)29-27(30)39-14-21-25(37-6)24(36-5)17(3)12-28-21;/h7-12H,13-14H2,1-6H3,(H,31,32);/q;+1/p-1. The molecule has 0 amide bonds. The Kier molecular flexibility index (Phi) is 10.6. The predicted molar refractivity (Wildman–Crippen MR) is 147 cm³/mol. The molecule has 212 valence electrons. The number of ether oxygens (including phenoxy) is 4. The summed E-state index contributed by atoms with van der Waals surface area (Å²) in [4.78, 5) is 20.0. The van der Waals surface area contributed by atoms with Gasteiger partial charge >= 0.3 is 29.6 Å². The van der Waals surface area contributed by atoms with Gasteiger partial charge in [0.15, 0.2) is 16.7 Å². The van der Waals surface area contributed by atoms with Crippen LogP contribution in [0, 0.1) is 20.8 Å². The minimum absolute atomic E-state index is 0. The molecule has 0 N–H and O–H groups in total. The summed E-state index contributed by atoms with van der Waals surface area (Å²) in [5.74, 6) is 0.612. The van der Waals surface area contributed by atoms with Crippen molar-refractivity contribution in [3.8, 4) is 23.0 Å². The van der Waals surface area contributed by atoms with E-state index in [2.05, 4.69) is 9.97 Å². The van der Waals surface area contributed by atoms with E-state index in [1.807, 2.05) is 6.92 Å². The first kappa shape index (κ1) is 32.5. The van der Waals surface area contributed by atoms with E-state index < -0.39 is 22.6 Å². The SMILES string of the molecule is COc1ccc2c(c1)nc(SCc1ncc(C)c(OC)c1OC)n2S(=O)(=O)c1c(C)cc(OCC(=O)[O-])cc1C.[Na+]. The van der Waals surface area contributed by atoms with Gasteiger partial charge in [-0.05, 0) is 56.2 Å². The maximum atomic E-state index is 14.3. The van der Waals surface area contributed by atoms with Gasteiger partial charge in [0.2, 0.25) is 0 Å². The molecule has 2 aromatic heterocycles. The number of rotatable bonds is 11. The van der Waals surface area contributed by atoms with Crippen molar-refractivity contribution in [2.24, 2.45) is 0 Å². The van der Waals surface area contributed by atoms with Crippen molar-refractivity contribution in [3.63, 3.8) is 0 Å². The fraction of sp³-hybridized carbons (Fsp3) is 0.296. The number of nitrogens with zero attached hydrogens (tertiary/aromatic N) is 3. The summed E-state index contributed by atoms with van der Waals surface area (Å²) in [5, 5.41) is 11.0. The van der Waals surface area contributed by atoms with E-state index in [1.54, 1.807) is 45.4 Å². The monoisotopic (exact) mass is 609 g/mol. The van der Waals surface area contributed by atoms with Gasteiger partial charge in [-0.25, -0.2) is 17.4 Å². The van der Waals surface area contributed by atoms with E-state index in [1.165, 1.54) is 42.1 Å². The number of hydrogen-bond donors (Lipinski definition) is 0. The number of aryl methyl sites for hydroxylation is 3. The van der Waals surface area contributed by atoms with Crippen LogP contribution in [0.25, 0.3) is 11.0 Å². The van der Waals surface area contributed by atoms with Crippen LogP contribution in [-0.2, 0) is 20.6 Å². The number of hydrogen-bond acceptors (Lipinski definition) is 11. The van der Waals surface area contributed by atoms with Gasteiger partial charge in [0.1, 0.15) is 18.1 Å². The number of thioether (sulfide) groups is 1. The fourth-order valence-corrected chi connectivity index (χ4v) is 7.48. The molecule has 0 spiro atoms. The van der Waals surface area contributed by atoms with Crippen molar-refractivity contribution in [2.45, 2.75) is 36.6 Å². The second kappa shape index (κ2) is 13.3. The summed E-state index contributed by atoms with van der Waals surface area (Å²) in [6.45, 7) is 4.44. The fourth-order valence-electron chi connectivity index (χ4n) is 4.40. The number of benzene rings is 2. The van der Waals surface area contributed by atoms with Crippen molar-refractivity contribution < 1.29 is 66.8 Å².